The molecule has 0 bridgehead atoms. The highest BCUT2D eigenvalue weighted by Gasteiger charge is 2.20. The average Bonchev–Trinajstić information content (AvgIpc) is 2.71. The lowest BCUT2D eigenvalue weighted by Gasteiger charge is -2.18. The highest BCUT2D eigenvalue weighted by Crippen LogP contribution is 2.07. The molecular formula is C20H23N3O5. The predicted octanol–water partition coefficient (Wildman–Crippen LogP) is 1.18. The van der Waals surface area contributed by atoms with Gasteiger partial charge in [0.2, 0.25) is 0 Å². The Hall–Kier alpha value is -3.42. The number of ether oxygens (including phenoxy) is 1. The Morgan fingerprint density at radius 1 is 0.964 bits per heavy atom. The molecule has 8 nitrogen and oxygen atoms in total. The summed E-state index contributed by atoms with van der Waals surface area (Å²) in [5, 5.41) is 0. The molecule has 0 N–H and O–H groups in total. The van der Waals surface area contributed by atoms with Gasteiger partial charge in [-0.2, -0.15) is 0 Å². The fourth-order valence-corrected chi connectivity index (χ4v) is 2.66. The topological polar surface area (TPSA) is 92.3 Å². The number of nitrogens with zero attached hydrogens (tertiary/aromatic N) is 3. The summed E-state index contributed by atoms with van der Waals surface area (Å²) in [6, 6.07) is 8.42. The van der Waals surface area contributed by atoms with E-state index in [1.165, 1.54) is 12.2 Å². The van der Waals surface area contributed by atoms with Gasteiger partial charge in [-0.05, 0) is 18.6 Å². The van der Waals surface area contributed by atoms with Crippen LogP contribution in [0, 0.1) is 0 Å². The lowest BCUT2D eigenvalue weighted by Crippen LogP contribution is -2.55. The Balaban J connectivity index is 2.42. The van der Waals surface area contributed by atoms with Gasteiger partial charge in [0.1, 0.15) is 6.10 Å². The van der Waals surface area contributed by atoms with Crippen LogP contribution < -0.4 is 17.1 Å². The number of allylic oxidation sites excluding steroid dienone is 2. The molecule has 2 aromatic rings. The maximum absolute atomic E-state index is 12.7. The van der Waals surface area contributed by atoms with E-state index in [4.69, 9.17) is 4.74 Å². The molecule has 0 aliphatic rings. The molecule has 0 fully saturated rings. The number of esters is 1. The minimum atomic E-state index is -0.774. The van der Waals surface area contributed by atoms with Crippen molar-refractivity contribution in [3.63, 3.8) is 0 Å². The molecule has 0 aliphatic carbocycles. The molecule has 0 spiro atoms. The number of rotatable bonds is 9. The maximum Gasteiger partial charge on any atom is 0.338 e. The summed E-state index contributed by atoms with van der Waals surface area (Å²) >= 11 is 0. The minimum absolute atomic E-state index is 0.0459. The second kappa shape index (κ2) is 9.50. The first-order valence-corrected chi connectivity index (χ1v) is 8.86. The second-order valence-corrected chi connectivity index (χ2v) is 6.06. The van der Waals surface area contributed by atoms with E-state index < -0.39 is 29.1 Å². The SMILES string of the molecule is C=CCn1c(=O)n(CC=C)c(=O)n(CC(CC)OC(=O)c2ccccc2)c1=O. The summed E-state index contributed by atoms with van der Waals surface area (Å²) in [6.07, 6.45) is 2.45. The molecule has 0 saturated heterocycles. The fourth-order valence-electron chi connectivity index (χ4n) is 2.66. The van der Waals surface area contributed by atoms with Crippen molar-refractivity contribution in [1.82, 2.24) is 13.7 Å². The van der Waals surface area contributed by atoms with Crippen molar-refractivity contribution < 1.29 is 9.53 Å². The molecule has 2 rings (SSSR count). The Labute approximate surface area is 161 Å². The molecule has 0 saturated carbocycles. The Kier molecular flexibility index (Phi) is 7.08. The fraction of sp³-hybridized carbons (Fsp3) is 0.300. The van der Waals surface area contributed by atoms with E-state index in [0.29, 0.717) is 12.0 Å². The van der Waals surface area contributed by atoms with Gasteiger partial charge in [-0.25, -0.2) is 32.9 Å². The van der Waals surface area contributed by atoms with Crippen molar-refractivity contribution in [1.29, 1.82) is 0 Å². The summed E-state index contributed by atoms with van der Waals surface area (Å²) in [5.74, 6) is -0.550. The molecule has 28 heavy (non-hydrogen) atoms. The number of carbonyl (C=O) groups excluding carboxylic acids is 1. The van der Waals surface area contributed by atoms with Gasteiger partial charge >= 0.3 is 23.0 Å². The zero-order valence-corrected chi connectivity index (χ0v) is 15.7. The highest BCUT2D eigenvalue weighted by atomic mass is 16.5. The molecule has 1 atom stereocenters. The number of benzene rings is 1. The lowest BCUT2D eigenvalue weighted by atomic mass is 10.2. The van der Waals surface area contributed by atoms with Crippen LogP contribution in [0.3, 0.4) is 0 Å². The average molecular weight is 385 g/mol. The molecule has 148 valence electrons. The van der Waals surface area contributed by atoms with Gasteiger partial charge in [-0.1, -0.05) is 37.3 Å². The van der Waals surface area contributed by atoms with Gasteiger partial charge < -0.3 is 4.74 Å². The van der Waals surface area contributed by atoms with Crippen LogP contribution in [0.25, 0.3) is 0 Å². The second-order valence-electron chi connectivity index (χ2n) is 6.06. The summed E-state index contributed by atoms with van der Waals surface area (Å²) < 4.78 is 8.17. The van der Waals surface area contributed by atoms with Gasteiger partial charge in [0.15, 0.2) is 0 Å². The van der Waals surface area contributed by atoms with E-state index in [9.17, 15) is 19.2 Å². The standard InChI is InChI=1S/C20H23N3O5/c1-4-12-21-18(25)22(13-5-2)20(27)23(19(21)26)14-16(6-3)28-17(24)15-10-8-7-9-11-15/h4-5,7-11,16H,1-2,6,12-14H2,3H3. The third-order valence-corrected chi connectivity index (χ3v) is 4.13. The van der Waals surface area contributed by atoms with Crippen LogP contribution in [0.15, 0.2) is 70.0 Å². The van der Waals surface area contributed by atoms with Crippen molar-refractivity contribution in [3.8, 4) is 0 Å². The van der Waals surface area contributed by atoms with Crippen molar-refractivity contribution in [3.05, 3.63) is 92.7 Å². The number of aromatic nitrogens is 3. The van der Waals surface area contributed by atoms with Crippen LogP contribution in [-0.4, -0.2) is 25.8 Å². The van der Waals surface area contributed by atoms with Gasteiger partial charge in [0.25, 0.3) is 0 Å². The number of carbonyl (C=O) groups is 1. The van der Waals surface area contributed by atoms with Crippen LogP contribution >= 0.6 is 0 Å². The Bertz CT molecular complexity index is 982. The molecule has 0 radical (unpaired) electrons. The van der Waals surface area contributed by atoms with Crippen molar-refractivity contribution in [2.75, 3.05) is 0 Å². The van der Waals surface area contributed by atoms with E-state index in [2.05, 4.69) is 13.2 Å². The molecule has 1 unspecified atom stereocenters. The predicted molar refractivity (Wildman–Crippen MR) is 106 cm³/mol. The minimum Gasteiger partial charge on any atom is -0.457 e. The largest absolute Gasteiger partial charge is 0.457 e. The lowest BCUT2D eigenvalue weighted by molar-refractivity contribution is 0.0242. The van der Waals surface area contributed by atoms with Crippen LogP contribution in [0.4, 0.5) is 0 Å². The first-order chi connectivity index (χ1) is 13.4. The van der Waals surface area contributed by atoms with E-state index in [-0.39, 0.29) is 19.6 Å². The first kappa shape index (κ1) is 20.9. The van der Waals surface area contributed by atoms with E-state index in [1.54, 1.807) is 37.3 Å². The first-order valence-electron chi connectivity index (χ1n) is 8.86. The number of hydrogen-bond donors (Lipinski definition) is 0. The third kappa shape index (κ3) is 4.46. The Morgan fingerprint density at radius 3 is 1.93 bits per heavy atom. The molecule has 0 aliphatic heterocycles. The van der Waals surface area contributed by atoms with Crippen molar-refractivity contribution in [2.24, 2.45) is 0 Å². The quantitative estimate of drug-likeness (QED) is 0.477. The van der Waals surface area contributed by atoms with Crippen LogP contribution in [-0.2, 0) is 24.4 Å². The maximum atomic E-state index is 12.7. The van der Waals surface area contributed by atoms with E-state index in [0.717, 1.165) is 13.7 Å². The molecule has 1 aromatic heterocycles. The van der Waals surface area contributed by atoms with E-state index >= 15 is 0 Å². The monoisotopic (exact) mass is 385 g/mol. The third-order valence-electron chi connectivity index (χ3n) is 4.13. The summed E-state index contributed by atoms with van der Waals surface area (Å²) in [4.78, 5) is 50.0. The van der Waals surface area contributed by atoms with Crippen LogP contribution in [0.5, 0.6) is 0 Å². The van der Waals surface area contributed by atoms with Crippen LogP contribution in [0.2, 0.25) is 0 Å². The molecule has 1 aromatic carbocycles. The van der Waals surface area contributed by atoms with Gasteiger partial charge in [0, 0.05) is 0 Å². The summed E-state index contributed by atoms with van der Waals surface area (Å²) in [6.45, 7) is 8.58. The van der Waals surface area contributed by atoms with E-state index in [1.807, 2.05) is 0 Å². The zero-order valence-electron chi connectivity index (χ0n) is 15.7. The summed E-state index contributed by atoms with van der Waals surface area (Å²) in [7, 11) is 0. The van der Waals surface area contributed by atoms with Crippen molar-refractivity contribution >= 4 is 5.97 Å². The molecule has 1 heterocycles. The molecule has 8 heteroatoms. The number of hydrogen-bond acceptors (Lipinski definition) is 5. The van der Waals surface area contributed by atoms with Gasteiger partial charge in [-0.15, -0.1) is 13.2 Å². The highest BCUT2D eigenvalue weighted by molar-refractivity contribution is 5.89. The zero-order chi connectivity index (χ0) is 20.7. The van der Waals surface area contributed by atoms with Crippen LogP contribution in [0.1, 0.15) is 23.7 Å². The smallest absolute Gasteiger partial charge is 0.338 e. The van der Waals surface area contributed by atoms with Crippen molar-refractivity contribution in [2.45, 2.75) is 39.1 Å². The molecule has 0 amide bonds. The van der Waals surface area contributed by atoms with Gasteiger partial charge in [-0.3, -0.25) is 0 Å². The normalized spacial score (nSPS) is 11.6. The Morgan fingerprint density at radius 2 is 1.46 bits per heavy atom. The van der Waals surface area contributed by atoms with Gasteiger partial charge in [0.05, 0.1) is 25.2 Å². The molecular weight excluding hydrogens is 362 g/mol. The summed E-state index contributed by atoms with van der Waals surface area (Å²) in [5.41, 5.74) is -1.91.